The smallest absolute Gasteiger partial charge is 0.248 e. The molecule has 2 aromatic heterocycles. The molecule has 0 atom stereocenters. The van der Waals surface area contributed by atoms with E-state index in [1.54, 1.807) is 0 Å². The molecule has 12 aromatic carbocycles. The summed E-state index contributed by atoms with van der Waals surface area (Å²) in [5.41, 5.74) is 24.6. The lowest BCUT2D eigenvalue weighted by Gasteiger charge is -2.16. The van der Waals surface area contributed by atoms with Crippen LogP contribution in [0.25, 0.3) is 145 Å². The summed E-state index contributed by atoms with van der Waals surface area (Å²) in [6.07, 6.45) is 6.80. The summed E-state index contributed by atoms with van der Waals surface area (Å²) in [7, 11) is 0. The van der Waals surface area contributed by atoms with Crippen molar-refractivity contribution in [1.82, 2.24) is 14.8 Å². The van der Waals surface area contributed by atoms with Gasteiger partial charge in [0.25, 0.3) is 0 Å². The first kappa shape index (κ1) is 46.8. The topological polar surface area (TPSA) is 43.9 Å². The van der Waals surface area contributed by atoms with Crippen molar-refractivity contribution in [3.63, 3.8) is 0 Å². The zero-order valence-electron chi connectivity index (χ0n) is 43.8. The molecule has 15 rings (SSSR count). The third-order valence-corrected chi connectivity index (χ3v) is 16.1. The van der Waals surface area contributed by atoms with E-state index in [0.717, 1.165) is 62.9 Å². The van der Waals surface area contributed by atoms with Crippen molar-refractivity contribution < 1.29 is 4.42 Å². The molecule has 4 nitrogen and oxygen atoms in total. The maximum absolute atomic E-state index is 6.10. The van der Waals surface area contributed by atoms with Crippen LogP contribution in [0, 0.1) is 0 Å². The fraction of sp³-hybridized carbons (Fsp3) is 0.0263. The minimum atomic E-state index is 0.493. The molecule has 2 heterocycles. The Morgan fingerprint density at radius 2 is 0.750 bits per heavy atom. The summed E-state index contributed by atoms with van der Waals surface area (Å²) in [5, 5.41) is 13.6. The van der Waals surface area contributed by atoms with Gasteiger partial charge < -0.3 is 8.98 Å². The maximum Gasteiger partial charge on any atom is 0.248 e. The first-order valence-electron chi connectivity index (χ1n) is 27.5. The number of aromatic nitrogens is 3. The van der Waals surface area contributed by atoms with Gasteiger partial charge in [-0.1, -0.05) is 224 Å². The zero-order chi connectivity index (χ0) is 52.9. The summed E-state index contributed by atoms with van der Waals surface area (Å²) >= 11 is 0. The van der Waals surface area contributed by atoms with E-state index in [0.29, 0.717) is 11.8 Å². The normalized spacial score (nSPS) is 12.1. The molecule has 0 fully saturated rings. The number of aryl methyl sites for hydroxylation is 1. The van der Waals surface area contributed by atoms with E-state index in [4.69, 9.17) is 4.42 Å². The third-order valence-electron chi connectivity index (χ3n) is 16.1. The summed E-state index contributed by atoms with van der Waals surface area (Å²) in [5.74, 6) is 0.998. The Hall–Kier alpha value is -10.4. The molecule has 0 N–H and O–H groups in total. The Balaban J connectivity index is 0.786. The predicted octanol–water partition coefficient (Wildman–Crippen LogP) is 20.3. The number of nitrogens with zero attached hydrogens (tertiary/aromatic N) is 3. The Labute approximate surface area is 464 Å². The van der Waals surface area contributed by atoms with Crippen molar-refractivity contribution in [1.29, 1.82) is 0 Å². The SMILES string of the molecule is C1=Cc2c(cccc2-c2ccc(-c3ccc4c(c3)c3cc(-c5ccc(-c6cccc7ccccc67)cc5)ccc3n4-c3ccc(-c4ccccc4-c4ccccc4-c4ccc(-c5nnc(-c6ccccc6)o5)cc4)cc3)cc2)CC1. The highest BCUT2D eigenvalue weighted by molar-refractivity contribution is 6.12. The van der Waals surface area contributed by atoms with E-state index in [2.05, 4.69) is 270 Å². The van der Waals surface area contributed by atoms with E-state index in [-0.39, 0.29) is 0 Å². The van der Waals surface area contributed by atoms with E-state index >= 15 is 0 Å². The van der Waals surface area contributed by atoms with Gasteiger partial charge >= 0.3 is 0 Å². The van der Waals surface area contributed by atoms with E-state index in [9.17, 15) is 0 Å². The lowest BCUT2D eigenvalue weighted by Crippen LogP contribution is -1.96. The van der Waals surface area contributed by atoms with Crippen LogP contribution in [-0.2, 0) is 6.42 Å². The van der Waals surface area contributed by atoms with Gasteiger partial charge in [0.15, 0.2) is 0 Å². The van der Waals surface area contributed by atoms with Crippen LogP contribution >= 0.6 is 0 Å². The minimum Gasteiger partial charge on any atom is -0.416 e. The van der Waals surface area contributed by atoms with Crippen LogP contribution in [0.5, 0.6) is 0 Å². The van der Waals surface area contributed by atoms with Gasteiger partial charge in [-0.25, -0.2) is 0 Å². The van der Waals surface area contributed by atoms with Crippen molar-refractivity contribution in [3.05, 3.63) is 290 Å². The molecular weight excluding hydrogens is 971 g/mol. The minimum absolute atomic E-state index is 0.493. The van der Waals surface area contributed by atoms with Crippen LogP contribution in [0.15, 0.2) is 283 Å². The summed E-state index contributed by atoms with van der Waals surface area (Å²) in [6.45, 7) is 0. The Morgan fingerprint density at radius 1 is 0.312 bits per heavy atom. The molecule has 376 valence electrons. The highest BCUT2D eigenvalue weighted by atomic mass is 16.4. The average Bonchev–Trinajstić information content (AvgIpc) is 4.21. The highest BCUT2D eigenvalue weighted by Gasteiger charge is 2.19. The number of allylic oxidation sites excluding steroid dienone is 1. The molecule has 0 radical (unpaired) electrons. The molecular formula is C76H51N3O. The quantitative estimate of drug-likeness (QED) is 0.137. The predicted molar refractivity (Wildman–Crippen MR) is 332 cm³/mol. The van der Waals surface area contributed by atoms with Crippen LogP contribution in [0.3, 0.4) is 0 Å². The van der Waals surface area contributed by atoms with Gasteiger partial charge in [0.2, 0.25) is 11.8 Å². The summed E-state index contributed by atoms with van der Waals surface area (Å²) < 4.78 is 8.54. The summed E-state index contributed by atoms with van der Waals surface area (Å²) in [6, 6.07) is 98.9. The second kappa shape index (κ2) is 19.9. The van der Waals surface area contributed by atoms with E-state index < -0.39 is 0 Å². The average molecular weight is 1020 g/mol. The molecule has 1 aliphatic rings. The van der Waals surface area contributed by atoms with Gasteiger partial charge in [0.05, 0.1) is 11.0 Å². The fourth-order valence-electron chi connectivity index (χ4n) is 12.1. The zero-order valence-corrected chi connectivity index (χ0v) is 43.8. The molecule has 80 heavy (non-hydrogen) atoms. The van der Waals surface area contributed by atoms with Gasteiger partial charge in [-0.05, 0) is 173 Å². The number of hydrogen-bond donors (Lipinski definition) is 0. The summed E-state index contributed by atoms with van der Waals surface area (Å²) in [4.78, 5) is 0. The Morgan fingerprint density at radius 3 is 1.38 bits per heavy atom. The lowest BCUT2D eigenvalue weighted by atomic mass is 9.89. The third kappa shape index (κ3) is 8.42. The van der Waals surface area contributed by atoms with Crippen molar-refractivity contribution >= 4 is 38.7 Å². The molecule has 0 unspecified atom stereocenters. The number of hydrogen-bond acceptors (Lipinski definition) is 3. The van der Waals surface area contributed by atoms with Gasteiger partial charge in [-0.2, -0.15) is 0 Å². The molecule has 0 bridgehead atoms. The second-order valence-electron chi connectivity index (χ2n) is 20.8. The van der Waals surface area contributed by atoms with Crippen LogP contribution in [0.4, 0.5) is 0 Å². The fourth-order valence-corrected chi connectivity index (χ4v) is 12.1. The Kier molecular flexibility index (Phi) is 11.6. The van der Waals surface area contributed by atoms with Crippen molar-refractivity contribution in [2.75, 3.05) is 0 Å². The highest BCUT2D eigenvalue weighted by Crippen LogP contribution is 2.42. The number of fused-ring (bicyclic) bond motifs is 5. The van der Waals surface area contributed by atoms with Gasteiger partial charge in [0.1, 0.15) is 0 Å². The molecule has 1 aliphatic carbocycles. The van der Waals surface area contributed by atoms with Crippen molar-refractivity contribution in [3.8, 4) is 106 Å². The second-order valence-corrected chi connectivity index (χ2v) is 20.8. The Bertz CT molecular complexity index is 4650. The molecule has 0 saturated carbocycles. The van der Waals surface area contributed by atoms with Gasteiger partial charge in [-0.15, -0.1) is 10.2 Å². The van der Waals surface area contributed by atoms with E-state index in [1.807, 2.05) is 30.3 Å². The monoisotopic (exact) mass is 1020 g/mol. The first-order valence-corrected chi connectivity index (χ1v) is 27.5. The molecule has 0 aliphatic heterocycles. The van der Waals surface area contributed by atoms with Crippen LogP contribution in [-0.4, -0.2) is 14.8 Å². The number of rotatable bonds is 10. The van der Waals surface area contributed by atoms with Crippen molar-refractivity contribution in [2.24, 2.45) is 0 Å². The largest absolute Gasteiger partial charge is 0.416 e. The standard InChI is InChI=1S/C76H51N3O/c1-2-16-58(17-3-1)75-77-78-76(80-75)59-38-36-56(37-39-59)67-22-8-10-24-69(67)70-25-11-9-23-68(70)57-40-44-62(45-41-57)79-73-46-42-60(50-28-32-54(33-29-50)65-26-12-18-52-14-4-6-20-63(52)65)48-71(73)72-49-61(43-47-74(72)79)51-30-34-55(35-31-51)66-27-13-19-53-15-5-7-21-64(53)66/h1-4,6-14,16-49H,5,15H2. The lowest BCUT2D eigenvalue weighted by molar-refractivity contribution is 0.584. The number of benzene rings is 12. The van der Waals surface area contributed by atoms with Crippen LogP contribution in [0.2, 0.25) is 0 Å². The molecule has 0 spiro atoms. The van der Waals surface area contributed by atoms with Gasteiger partial charge in [-0.3, -0.25) is 0 Å². The van der Waals surface area contributed by atoms with Crippen LogP contribution in [0.1, 0.15) is 17.5 Å². The van der Waals surface area contributed by atoms with Crippen molar-refractivity contribution in [2.45, 2.75) is 12.8 Å². The van der Waals surface area contributed by atoms with E-state index in [1.165, 1.54) is 88.3 Å². The molecule has 4 heteroatoms. The maximum atomic E-state index is 6.10. The molecule has 0 saturated heterocycles. The van der Waals surface area contributed by atoms with Gasteiger partial charge in [0, 0.05) is 27.6 Å². The molecule has 0 amide bonds. The first-order chi connectivity index (χ1) is 39.6. The van der Waals surface area contributed by atoms with Crippen LogP contribution < -0.4 is 0 Å². The molecule has 14 aromatic rings.